The molecule has 1 aromatic rings. The minimum Gasteiger partial charge on any atom is -0.363 e. The summed E-state index contributed by atoms with van der Waals surface area (Å²) >= 11 is 0. The Bertz CT molecular complexity index is 505. The van der Waals surface area contributed by atoms with Crippen LogP contribution in [0.3, 0.4) is 0 Å². The van der Waals surface area contributed by atoms with Gasteiger partial charge in [-0.1, -0.05) is 13.8 Å². The Labute approximate surface area is 102 Å². The van der Waals surface area contributed by atoms with Crippen LogP contribution in [0.1, 0.15) is 26.0 Å². The zero-order valence-electron chi connectivity index (χ0n) is 10.2. The number of nitrogens with two attached hydrogens (primary N) is 1. The van der Waals surface area contributed by atoms with Crippen LogP contribution in [0.2, 0.25) is 0 Å². The van der Waals surface area contributed by atoms with E-state index in [1.807, 2.05) is 0 Å². The van der Waals surface area contributed by atoms with Crippen molar-refractivity contribution >= 4 is 10.0 Å². The van der Waals surface area contributed by atoms with E-state index in [1.54, 1.807) is 10.4 Å². The number of nitrogens with one attached hydrogen (secondary N) is 1. The minimum atomic E-state index is -3.35. The maximum Gasteiger partial charge on any atom is 0.244 e. The number of H-pyrrole nitrogens is 1. The van der Waals surface area contributed by atoms with Gasteiger partial charge in [-0.05, 0) is 17.9 Å². The molecule has 0 unspecified atom stereocenters. The Kier molecular flexibility index (Phi) is 3.05. The van der Waals surface area contributed by atoms with Crippen LogP contribution in [0.25, 0.3) is 0 Å². The molecule has 0 atom stereocenters. The number of sulfonamides is 1. The van der Waals surface area contributed by atoms with Crippen molar-refractivity contribution < 1.29 is 8.42 Å². The molecule has 1 fully saturated rings. The Hall–Kier alpha value is -0.850. The van der Waals surface area contributed by atoms with Crippen molar-refractivity contribution in [3.05, 3.63) is 18.0 Å². The van der Waals surface area contributed by atoms with Crippen molar-refractivity contribution in [1.29, 1.82) is 0 Å². The van der Waals surface area contributed by atoms with Crippen molar-refractivity contribution in [3.8, 4) is 0 Å². The predicted molar refractivity (Wildman–Crippen MR) is 65.8 cm³/mol. The second kappa shape index (κ2) is 4.12. The predicted octanol–water partition coefficient (Wildman–Crippen LogP) is 0.894. The highest BCUT2D eigenvalue weighted by molar-refractivity contribution is 7.89. The molecule has 1 aliphatic heterocycles. The lowest BCUT2D eigenvalue weighted by atomic mass is 9.93. The summed E-state index contributed by atoms with van der Waals surface area (Å²) in [5, 5.41) is 0. The first-order chi connectivity index (χ1) is 7.85. The molecular formula is C11H19N3O2S. The quantitative estimate of drug-likeness (QED) is 0.844. The van der Waals surface area contributed by atoms with Gasteiger partial charge in [-0.3, -0.25) is 0 Å². The third-order valence-corrected chi connectivity index (χ3v) is 5.04. The summed E-state index contributed by atoms with van der Waals surface area (Å²) in [6.07, 6.45) is 2.42. The average Bonchev–Trinajstić information content (AvgIpc) is 2.84. The van der Waals surface area contributed by atoms with E-state index in [1.165, 1.54) is 6.20 Å². The van der Waals surface area contributed by atoms with Gasteiger partial charge in [0.05, 0.1) is 4.90 Å². The Balaban J connectivity index is 2.25. The van der Waals surface area contributed by atoms with Crippen LogP contribution in [0.5, 0.6) is 0 Å². The molecule has 0 aliphatic carbocycles. The highest BCUT2D eigenvalue weighted by Crippen LogP contribution is 2.32. The Morgan fingerprint density at radius 3 is 2.71 bits per heavy atom. The summed E-state index contributed by atoms with van der Waals surface area (Å²) in [6, 6.07) is 1.61. The van der Waals surface area contributed by atoms with E-state index >= 15 is 0 Å². The maximum absolute atomic E-state index is 12.3. The van der Waals surface area contributed by atoms with Crippen LogP contribution in [0.15, 0.2) is 17.2 Å². The molecule has 17 heavy (non-hydrogen) atoms. The van der Waals surface area contributed by atoms with Gasteiger partial charge in [-0.15, -0.1) is 0 Å². The number of hydrogen-bond acceptors (Lipinski definition) is 3. The Morgan fingerprint density at radius 2 is 2.24 bits per heavy atom. The summed E-state index contributed by atoms with van der Waals surface area (Å²) < 4.78 is 26.2. The van der Waals surface area contributed by atoms with Gasteiger partial charge in [-0.25, -0.2) is 8.42 Å². The van der Waals surface area contributed by atoms with Crippen LogP contribution in [0.4, 0.5) is 0 Å². The van der Waals surface area contributed by atoms with E-state index in [9.17, 15) is 8.42 Å². The molecule has 6 heteroatoms. The first-order valence-electron chi connectivity index (χ1n) is 5.73. The molecule has 1 saturated heterocycles. The number of hydrogen-bond donors (Lipinski definition) is 2. The van der Waals surface area contributed by atoms with E-state index in [0.29, 0.717) is 24.5 Å². The van der Waals surface area contributed by atoms with Crippen LogP contribution in [-0.4, -0.2) is 30.8 Å². The van der Waals surface area contributed by atoms with E-state index in [-0.39, 0.29) is 5.41 Å². The van der Waals surface area contributed by atoms with Gasteiger partial charge in [0, 0.05) is 31.5 Å². The van der Waals surface area contributed by atoms with Crippen LogP contribution >= 0.6 is 0 Å². The zero-order valence-corrected chi connectivity index (χ0v) is 11.0. The molecule has 0 spiro atoms. The highest BCUT2D eigenvalue weighted by Gasteiger charge is 2.37. The average molecular weight is 257 g/mol. The smallest absolute Gasteiger partial charge is 0.244 e. The van der Waals surface area contributed by atoms with Crippen molar-refractivity contribution in [1.82, 2.24) is 9.29 Å². The highest BCUT2D eigenvalue weighted by atomic mass is 32.2. The largest absolute Gasteiger partial charge is 0.363 e. The number of nitrogens with zero attached hydrogens (tertiary/aromatic N) is 1. The SMILES string of the molecule is CC1(C)CCN(S(=O)(=O)c2c[nH]c(CN)c2)C1. The minimum absolute atomic E-state index is 0.0695. The van der Waals surface area contributed by atoms with Crippen molar-refractivity contribution in [2.24, 2.45) is 11.1 Å². The van der Waals surface area contributed by atoms with Gasteiger partial charge in [-0.2, -0.15) is 4.31 Å². The molecule has 0 radical (unpaired) electrons. The molecule has 2 heterocycles. The van der Waals surface area contributed by atoms with Crippen LogP contribution < -0.4 is 5.73 Å². The van der Waals surface area contributed by atoms with Gasteiger partial charge in [0.1, 0.15) is 0 Å². The fourth-order valence-corrected chi connectivity index (χ4v) is 3.75. The maximum atomic E-state index is 12.3. The lowest BCUT2D eigenvalue weighted by molar-refractivity contribution is 0.375. The van der Waals surface area contributed by atoms with Gasteiger partial charge in [0.25, 0.3) is 0 Å². The zero-order chi connectivity index (χ0) is 12.7. The van der Waals surface area contributed by atoms with Crippen molar-refractivity contribution in [3.63, 3.8) is 0 Å². The third kappa shape index (κ3) is 2.38. The van der Waals surface area contributed by atoms with E-state index in [4.69, 9.17) is 5.73 Å². The summed E-state index contributed by atoms with van der Waals surface area (Å²) in [4.78, 5) is 3.19. The first-order valence-corrected chi connectivity index (χ1v) is 7.17. The summed E-state index contributed by atoms with van der Waals surface area (Å²) in [7, 11) is -3.35. The third-order valence-electron chi connectivity index (χ3n) is 3.22. The molecular weight excluding hydrogens is 238 g/mol. The lowest BCUT2D eigenvalue weighted by Gasteiger charge is -2.18. The molecule has 0 saturated carbocycles. The second-order valence-electron chi connectivity index (χ2n) is 5.32. The van der Waals surface area contributed by atoms with Crippen molar-refractivity contribution in [2.75, 3.05) is 13.1 Å². The molecule has 1 aliphatic rings. The summed E-state index contributed by atoms with van der Waals surface area (Å²) in [5.41, 5.74) is 6.27. The van der Waals surface area contributed by atoms with Gasteiger partial charge >= 0.3 is 0 Å². The first kappa shape index (κ1) is 12.6. The second-order valence-corrected chi connectivity index (χ2v) is 7.26. The van der Waals surface area contributed by atoms with E-state index in [0.717, 1.165) is 12.1 Å². The van der Waals surface area contributed by atoms with E-state index in [2.05, 4.69) is 18.8 Å². The molecule has 0 amide bonds. The normalized spacial score (nSPS) is 20.9. The standard InChI is InChI=1S/C11H19N3O2S/c1-11(2)3-4-14(8-11)17(15,16)10-5-9(6-12)13-7-10/h5,7,13H,3-4,6,8,12H2,1-2H3. The molecule has 3 N–H and O–H groups in total. The monoisotopic (exact) mass is 257 g/mol. The Morgan fingerprint density at radius 1 is 1.53 bits per heavy atom. The molecule has 96 valence electrons. The molecule has 5 nitrogen and oxygen atoms in total. The molecule has 1 aromatic heterocycles. The van der Waals surface area contributed by atoms with Gasteiger partial charge < -0.3 is 10.7 Å². The van der Waals surface area contributed by atoms with Gasteiger partial charge in [0.2, 0.25) is 10.0 Å². The molecule has 0 bridgehead atoms. The topological polar surface area (TPSA) is 79.2 Å². The number of aromatic amines is 1. The molecule has 0 aromatic carbocycles. The fourth-order valence-electron chi connectivity index (χ4n) is 2.10. The lowest BCUT2D eigenvalue weighted by Crippen LogP contribution is -2.30. The summed E-state index contributed by atoms with van der Waals surface area (Å²) in [5.74, 6) is 0. The van der Waals surface area contributed by atoms with Crippen molar-refractivity contribution in [2.45, 2.75) is 31.7 Å². The number of aromatic nitrogens is 1. The fraction of sp³-hybridized carbons (Fsp3) is 0.636. The van der Waals surface area contributed by atoms with Crippen LogP contribution in [0, 0.1) is 5.41 Å². The van der Waals surface area contributed by atoms with E-state index < -0.39 is 10.0 Å². The van der Waals surface area contributed by atoms with Gasteiger partial charge in [0.15, 0.2) is 0 Å². The molecule has 2 rings (SSSR count). The number of rotatable bonds is 3. The summed E-state index contributed by atoms with van der Waals surface area (Å²) in [6.45, 7) is 5.67. The van der Waals surface area contributed by atoms with Crippen LogP contribution in [-0.2, 0) is 16.6 Å².